The Hall–Kier alpha value is -3.71. The van der Waals surface area contributed by atoms with E-state index in [1.54, 1.807) is 0 Å². The highest BCUT2D eigenvalue weighted by atomic mass is 14.8. The quantitative estimate of drug-likeness (QED) is 0.308. The largest absolute Gasteiger partial charge is 0.272 e. The van der Waals surface area contributed by atoms with Crippen molar-refractivity contribution in [3.05, 3.63) is 149 Å². The fourth-order valence-corrected chi connectivity index (χ4v) is 3.55. The fourth-order valence-electron chi connectivity index (χ4n) is 3.55. The van der Waals surface area contributed by atoms with Crippen LogP contribution in [-0.2, 0) is 0 Å². The van der Waals surface area contributed by atoms with E-state index in [1.165, 1.54) is 16.7 Å². The summed E-state index contributed by atoms with van der Waals surface area (Å²) in [6.45, 7) is 2.15. The predicted molar refractivity (Wildman–Crippen MR) is 128 cm³/mol. The van der Waals surface area contributed by atoms with Gasteiger partial charge in [-0.3, -0.25) is 4.99 Å². The van der Waals surface area contributed by atoms with Crippen LogP contribution in [0.2, 0.25) is 0 Å². The summed E-state index contributed by atoms with van der Waals surface area (Å²) >= 11 is 0. The molecule has 0 heterocycles. The predicted octanol–water partition coefficient (Wildman–Crippen LogP) is 7.29. The molecule has 0 aromatic heterocycles. The molecule has 0 spiro atoms. The Morgan fingerprint density at radius 2 is 1.13 bits per heavy atom. The van der Waals surface area contributed by atoms with Gasteiger partial charge in [-0.15, -0.1) is 0 Å². The van der Waals surface area contributed by atoms with Crippen LogP contribution in [0.3, 0.4) is 0 Å². The maximum Gasteiger partial charge on any atom is 0.0943 e. The van der Waals surface area contributed by atoms with E-state index in [9.17, 15) is 0 Å². The summed E-state index contributed by atoms with van der Waals surface area (Å²) in [5, 5.41) is 0. The molecule has 0 bridgehead atoms. The maximum atomic E-state index is 5.29. The lowest BCUT2D eigenvalue weighted by molar-refractivity contribution is 0.905. The Labute approximate surface area is 179 Å². The van der Waals surface area contributed by atoms with Crippen molar-refractivity contribution in [2.24, 2.45) is 4.99 Å². The lowest BCUT2D eigenvalue weighted by Crippen LogP contribution is -2.07. The van der Waals surface area contributed by atoms with E-state index in [4.69, 9.17) is 4.99 Å². The Morgan fingerprint density at radius 3 is 1.70 bits per heavy atom. The number of aliphatic imine (C=N–C) groups is 1. The van der Waals surface area contributed by atoms with E-state index >= 15 is 0 Å². The van der Waals surface area contributed by atoms with Gasteiger partial charge in [0, 0.05) is 11.1 Å². The topological polar surface area (TPSA) is 12.4 Å². The van der Waals surface area contributed by atoms with Crippen LogP contribution in [-0.4, -0.2) is 5.71 Å². The summed E-state index contributed by atoms with van der Waals surface area (Å²) in [4.78, 5) is 5.29. The first-order valence-corrected chi connectivity index (χ1v) is 10.3. The van der Waals surface area contributed by atoms with Crippen molar-refractivity contribution in [1.29, 1.82) is 0 Å². The molecule has 0 saturated carbocycles. The SMILES string of the molecule is Cc1ccccc1C(/C=C/c1ccccc1)N=C(c1ccccc1)c1ccccc1. The van der Waals surface area contributed by atoms with E-state index in [-0.39, 0.29) is 6.04 Å². The first-order valence-electron chi connectivity index (χ1n) is 10.3. The molecule has 30 heavy (non-hydrogen) atoms. The van der Waals surface area contributed by atoms with Crippen molar-refractivity contribution in [3.8, 4) is 0 Å². The van der Waals surface area contributed by atoms with E-state index in [0.29, 0.717) is 0 Å². The van der Waals surface area contributed by atoms with E-state index in [0.717, 1.165) is 16.8 Å². The van der Waals surface area contributed by atoms with Crippen LogP contribution in [0.25, 0.3) is 6.08 Å². The highest BCUT2D eigenvalue weighted by molar-refractivity contribution is 6.13. The third kappa shape index (κ3) is 4.82. The van der Waals surface area contributed by atoms with Crippen molar-refractivity contribution < 1.29 is 0 Å². The van der Waals surface area contributed by atoms with Gasteiger partial charge in [0.1, 0.15) is 0 Å². The Balaban J connectivity index is 1.84. The smallest absolute Gasteiger partial charge is 0.0943 e. The average molecular weight is 388 g/mol. The third-order valence-corrected chi connectivity index (χ3v) is 5.14. The first kappa shape index (κ1) is 19.6. The normalized spacial score (nSPS) is 11.9. The second kappa shape index (κ2) is 9.67. The zero-order valence-electron chi connectivity index (χ0n) is 17.1. The molecule has 0 radical (unpaired) electrons. The van der Waals surface area contributed by atoms with Gasteiger partial charge in [-0.05, 0) is 23.6 Å². The summed E-state index contributed by atoms with van der Waals surface area (Å²) in [5.41, 5.74) is 6.87. The second-order valence-corrected chi connectivity index (χ2v) is 7.28. The second-order valence-electron chi connectivity index (χ2n) is 7.28. The Kier molecular flexibility index (Phi) is 6.31. The van der Waals surface area contributed by atoms with E-state index in [1.807, 2.05) is 18.2 Å². The Bertz CT molecular complexity index is 1090. The summed E-state index contributed by atoms with van der Waals surface area (Å²) in [7, 11) is 0. The van der Waals surface area contributed by atoms with Gasteiger partial charge in [-0.25, -0.2) is 0 Å². The van der Waals surface area contributed by atoms with Gasteiger partial charge in [0.2, 0.25) is 0 Å². The molecular formula is C29H25N. The van der Waals surface area contributed by atoms with Gasteiger partial charge in [0.15, 0.2) is 0 Å². The van der Waals surface area contributed by atoms with Crippen LogP contribution >= 0.6 is 0 Å². The average Bonchev–Trinajstić information content (AvgIpc) is 2.82. The fraction of sp³-hybridized carbons (Fsp3) is 0.0690. The number of hydrogen-bond acceptors (Lipinski definition) is 1. The van der Waals surface area contributed by atoms with E-state index < -0.39 is 0 Å². The van der Waals surface area contributed by atoms with Crippen molar-refractivity contribution in [2.45, 2.75) is 13.0 Å². The zero-order valence-corrected chi connectivity index (χ0v) is 17.1. The molecule has 0 amide bonds. The number of benzene rings is 4. The highest BCUT2D eigenvalue weighted by Crippen LogP contribution is 2.26. The van der Waals surface area contributed by atoms with Gasteiger partial charge in [-0.2, -0.15) is 0 Å². The van der Waals surface area contributed by atoms with E-state index in [2.05, 4.69) is 116 Å². The molecule has 1 unspecified atom stereocenters. The minimum atomic E-state index is -0.0816. The highest BCUT2D eigenvalue weighted by Gasteiger charge is 2.13. The molecule has 0 aliphatic rings. The molecule has 1 heteroatoms. The maximum absolute atomic E-state index is 5.29. The van der Waals surface area contributed by atoms with Gasteiger partial charge < -0.3 is 0 Å². The van der Waals surface area contributed by atoms with Crippen molar-refractivity contribution in [2.75, 3.05) is 0 Å². The van der Waals surface area contributed by atoms with Crippen molar-refractivity contribution in [3.63, 3.8) is 0 Å². The Morgan fingerprint density at radius 1 is 0.633 bits per heavy atom. The third-order valence-electron chi connectivity index (χ3n) is 5.14. The number of rotatable bonds is 6. The summed E-state index contributed by atoms with van der Waals surface area (Å²) < 4.78 is 0. The van der Waals surface area contributed by atoms with Gasteiger partial charge in [-0.1, -0.05) is 127 Å². The minimum absolute atomic E-state index is 0.0816. The molecule has 1 atom stereocenters. The number of aryl methyl sites for hydroxylation is 1. The number of nitrogens with zero attached hydrogens (tertiary/aromatic N) is 1. The monoisotopic (exact) mass is 387 g/mol. The van der Waals surface area contributed by atoms with Crippen molar-refractivity contribution >= 4 is 11.8 Å². The number of hydrogen-bond donors (Lipinski definition) is 0. The molecule has 4 rings (SSSR count). The molecule has 0 aliphatic carbocycles. The zero-order chi connectivity index (χ0) is 20.6. The summed E-state index contributed by atoms with van der Waals surface area (Å²) in [6.07, 6.45) is 4.36. The van der Waals surface area contributed by atoms with Crippen LogP contribution in [0, 0.1) is 6.92 Å². The molecule has 1 nitrogen and oxygen atoms in total. The van der Waals surface area contributed by atoms with Crippen LogP contribution in [0.5, 0.6) is 0 Å². The van der Waals surface area contributed by atoms with Gasteiger partial charge >= 0.3 is 0 Å². The lowest BCUT2D eigenvalue weighted by Gasteiger charge is -2.16. The molecule has 0 N–H and O–H groups in total. The molecule has 146 valence electrons. The standard InChI is InChI=1S/C29H25N/c1-23-13-11-12-20-27(23)28(22-21-24-14-5-2-6-15-24)30-29(25-16-7-3-8-17-25)26-18-9-4-10-19-26/h2-22,28H,1H3/b22-21+. The summed E-state index contributed by atoms with van der Waals surface area (Å²) in [6, 6.07) is 39.7. The molecule has 0 fully saturated rings. The van der Waals surface area contributed by atoms with Crippen molar-refractivity contribution in [1.82, 2.24) is 0 Å². The van der Waals surface area contributed by atoms with Gasteiger partial charge in [0.25, 0.3) is 0 Å². The lowest BCUT2D eigenvalue weighted by atomic mass is 9.98. The molecule has 0 aliphatic heterocycles. The molecular weight excluding hydrogens is 362 g/mol. The van der Waals surface area contributed by atoms with Gasteiger partial charge in [0.05, 0.1) is 11.8 Å². The van der Waals surface area contributed by atoms with Crippen LogP contribution in [0.4, 0.5) is 0 Å². The van der Waals surface area contributed by atoms with Crippen LogP contribution in [0.1, 0.15) is 33.9 Å². The first-order chi connectivity index (χ1) is 14.8. The molecule has 4 aromatic carbocycles. The summed E-state index contributed by atoms with van der Waals surface area (Å²) in [5.74, 6) is 0. The molecule has 0 saturated heterocycles. The van der Waals surface area contributed by atoms with Crippen LogP contribution in [0.15, 0.2) is 126 Å². The minimum Gasteiger partial charge on any atom is -0.272 e. The van der Waals surface area contributed by atoms with Crippen LogP contribution < -0.4 is 0 Å². The molecule has 4 aromatic rings.